The van der Waals surface area contributed by atoms with Crippen molar-refractivity contribution in [3.63, 3.8) is 0 Å². The SMILES string of the molecule is CS(=O)(=O)N[C@H]1CC[C@@H]2CN(C(=O)[C@@H]3C[C@H]3c3ccccc3-c3c(F)cccc3F)C[C@@]21F. The molecule has 1 N–H and O–H groups in total. The van der Waals surface area contributed by atoms with Gasteiger partial charge in [-0.15, -0.1) is 0 Å². The van der Waals surface area contributed by atoms with Crippen LogP contribution in [0.15, 0.2) is 42.5 Å². The third kappa shape index (κ3) is 3.95. The van der Waals surface area contributed by atoms with E-state index in [0.717, 1.165) is 6.26 Å². The first kappa shape index (κ1) is 22.4. The highest BCUT2D eigenvalue weighted by Gasteiger charge is 2.59. The summed E-state index contributed by atoms with van der Waals surface area (Å²) in [5, 5.41) is 0. The van der Waals surface area contributed by atoms with E-state index in [-0.39, 0.29) is 36.4 Å². The van der Waals surface area contributed by atoms with E-state index in [1.165, 1.54) is 23.1 Å². The van der Waals surface area contributed by atoms with Crippen LogP contribution in [0.3, 0.4) is 0 Å². The Kier molecular flexibility index (Phi) is 5.32. The number of carbonyl (C=O) groups excluding carboxylic acids is 1. The van der Waals surface area contributed by atoms with E-state index in [1.807, 2.05) is 0 Å². The molecule has 1 amide bonds. The Morgan fingerprint density at radius 3 is 2.48 bits per heavy atom. The Bertz CT molecular complexity index is 1200. The summed E-state index contributed by atoms with van der Waals surface area (Å²) < 4.78 is 70.3. The standard InChI is InChI=1S/C24H25F3N2O3S/c1-33(31,32)28-21-10-9-14-12-29(13-24(14,21)27)23(30)18-11-17(18)15-5-2-3-6-16(15)22-19(25)7-4-8-20(22)26/h2-8,14,17-18,21,28H,9-13H2,1H3/t14-,17+,18-,21+,24-/m1/s1. The maximum Gasteiger partial charge on any atom is 0.226 e. The summed E-state index contributed by atoms with van der Waals surface area (Å²) in [6.45, 7) is 0.112. The van der Waals surface area contributed by atoms with Crippen molar-refractivity contribution in [3.8, 4) is 11.1 Å². The van der Waals surface area contributed by atoms with Crippen LogP contribution < -0.4 is 4.72 Å². The Morgan fingerprint density at radius 2 is 1.79 bits per heavy atom. The molecule has 5 rings (SSSR count). The smallest absolute Gasteiger partial charge is 0.226 e. The minimum atomic E-state index is -3.56. The molecule has 9 heteroatoms. The Balaban J connectivity index is 1.34. The molecule has 0 radical (unpaired) electrons. The van der Waals surface area contributed by atoms with Gasteiger partial charge in [0.25, 0.3) is 0 Å². The van der Waals surface area contributed by atoms with Crippen LogP contribution in [0.4, 0.5) is 13.2 Å². The summed E-state index contributed by atoms with van der Waals surface area (Å²) in [4.78, 5) is 14.7. The number of fused-ring (bicyclic) bond motifs is 1. The molecule has 3 fully saturated rings. The normalized spacial score (nSPS) is 31.0. The second-order valence-corrected chi connectivity index (χ2v) is 11.3. The topological polar surface area (TPSA) is 66.5 Å². The highest BCUT2D eigenvalue weighted by atomic mass is 32.2. The number of carbonyl (C=O) groups is 1. The molecule has 2 aliphatic carbocycles. The number of benzene rings is 2. The Labute approximate surface area is 191 Å². The lowest BCUT2D eigenvalue weighted by Crippen LogP contribution is -2.50. The van der Waals surface area contributed by atoms with Crippen molar-refractivity contribution >= 4 is 15.9 Å². The van der Waals surface area contributed by atoms with Crippen LogP contribution in [0.2, 0.25) is 0 Å². The summed E-state index contributed by atoms with van der Waals surface area (Å²) in [6, 6.07) is 9.78. The fraction of sp³-hybridized carbons (Fsp3) is 0.458. The van der Waals surface area contributed by atoms with Gasteiger partial charge in [-0.05, 0) is 48.4 Å². The molecule has 176 valence electrons. The van der Waals surface area contributed by atoms with E-state index in [9.17, 15) is 22.0 Å². The van der Waals surface area contributed by atoms with Crippen LogP contribution in [-0.2, 0) is 14.8 Å². The number of nitrogens with one attached hydrogen (secondary N) is 1. The average Bonchev–Trinajstić information content (AvgIpc) is 3.39. The van der Waals surface area contributed by atoms with Gasteiger partial charge in [-0.25, -0.2) is 26.3 Å². The van der Waals surface area contributed by atoms with Gasteiger partial charge in [0, 0.05) is 18.4 Å². The van der Waals surface area contributed by atoms with Gasteiger partial charge in [-0.3, -0.25) is 4.79 Å². The molecule has 5 atom stereocenters. The molecule has 33 heavy (non-hydrogen) atoms. The molecule has 1 heterocycles. The minimum Gasteiger partial charge on any atom is -0.339 e. The number of nitrogens with zero attached hydrogens (tertiary/aromatic N) is 1. The minimum absolute atomic E-state index is 0.112. The third-order valence-electron chi connectivity index (χ3n) is 7.30. The molecule has 0 aromatic heterocycles. The van der Waals surface area contributed by atoms with E-state index in [2.05, 4.69) is 4.72 Å². The quantitative estimate of drug-likeness (QED) is 0.714. The lowest BCUT2D eigenvalue weighted by Gasteiger charge is -2.27. The van der Waals surface area contributed by atoms with Crippen molar-refractivity contribution in [3.05, 3.63) is 59.7 Å². The van der Waals surface area contributed by atoms with E-state index >= 15 is 4.39 Å². The Hall–Kier alpha value is -2.39. The zero-order chi connectivity index (χ0) is 23.5. The van der Waals surface area contributed by atoms with E-state index in [4.69, 9.17) is 0 Å². The van der Waals surface area contributed by atoms with Crippen molar-refractivity contribution in [1.82, 2.24) is 9.62 Å². The monoisotopic (exact) mass is 478 g/mol. The molecule has 1 saturated heterocycles. The zero-order valence-electron chi connectivity index (χ0n) is 18.1. The predicted octanol–water partition coefficient (Wildman–Crippen LogP) is 3.61. The highest BCUT2D eigenvalue weighted by molar-refractivity contribution is 7.88. The van der Waals surface area contributed by atoms with Crippen molar-refractivity contribution in [2.75, 3.05) is 19.3 Å². The van der Waals surface area contributed by atoms with Gasteiger partial charge in [-0.2, -0.15) is 0 Å². The van der Waals surface area contributed by atoms with Crippen molar-refractivity contribution in [2.24, 2.45) is 11.8 Å². The number of alkyl halides is 1. The van der Waals surface area contributed by atoms with Crippen LogP contribution in [0, 0.1) is 23.5 Å². The number of sulfonamides is 1. The number of hydrogen-bond acceptors (Lipinski definition) is 3. The molecule has 2 saturated carbocycles. The van der Waals surface area contributed by atoms with Crippen molar-refractivity contribution in [2.45, 2.75) is 36.9 Å². The molecule has 1 aliphatic heterocycles. The molecular weight excluding hydrogens is 453 g/mol. The highest BCUT2D eigenvalue weighted by Crippen LogP contribution is 2.53. The molecule has 3 aliphatic rings. The van der Waals surface area contributed by atoms with Gasteiger partial charge in [0.15, 0.2) is 0 Å². The lowest BCUT2D eigenvalue weighted by molar-refractivity contribution is -0.132. The van der Waals surface area contributed by atoms with Gasteiger partial charge >= 0.3 is 0 Å². The number of hydrogen-bond donors (Lipinski definition) is 1. The number of amides is 1. The van der Waals surface area contributed by atoms with E-state index < -0.39 is 39.3 Å². The second-order valence-electron chi connectivity index (χ2n) is 9.49. The van der Waals surface area contributed by atoms with E-state index in [1.54, 1.807) is 24.3 Å². The molecule has 2 aromatic rings. The number of likely N-dealkylation sites (tertiary alicyclic amines) is 1. The largest absolute Gasteiger partial charge is 0.339 e. The molecule has 5 nitrogen and oxygen atoms in total. The third-order valence-corrected chi connectivity index (χ3v) is 8.02. The fourth-order valence-electron chi connectivity index (χ4n) is 5.67. The average molecular weight is 479 g/mol. The second kappa shape index (κ2) is 7.84. The molecule has 0 unspecified atom stereocenters. The van der Waals surface area contributed by atoms with Crippen LogP contribution in [-0.4, -0.2) is 50.3 Å². The van der Waals surface area contributed by atoms with Gasteiger partial charge in [0.2, 0.25) is 15.9 Å². The summed E-state index contributed by atoms with van der Waals surface area (Å²) in [6.07, 6.45) is 2.45. The first-order valence-electron chi connectivity index (χ1n) is 11.1. The molecule has 0 bridgehead atoms. The maximum absolute atomic E-state index is 15.8. The first-order valence-corrected chi connectivity index (χ1v) is 13.0. The molecule has 0 spiro atoms. The Morgan fingerprint density at radius 1 is 1.09 bits per heavy atom. The van der Waals surface area contributed by atoms with Gasteiger partial charge < -0.3 is 4.90 Å². The number of rotatable bonds is 5. The maximum atomic E-state index is 15.8. The summed E-state index contributed by atoms with van der Waals surface area (Å²) in [5.74, 6) is -2.51. The lowest BCUT2D eigenvalue weighted by atomic mass is 9.94. The van der Waals surface area contributed by atoms with Crippen molar-refractivity contribution in [1.29, 1.82) is 0 Å². The summed E-state index contributed by atoms with van der Waals surface area (Å²) in [7, 11) is -3.56. The molecular formula is C24H25F3N2O3S. The number of halogens is 3. The van der Waals surface area contributed by atoms with Crippen LogP contribution in [0.1, 0.15) is 30.7 Å². The summed E-state index contributed by atoms with van der Waals surface area (Å²) >= 11 is 0. The zero-order valence-corrected chi connectivity index (χ0v) is 18.9. The molecule has 2 aromatic carbocycles. The fourth-order valence-corrected chi connectivity index (χ4v) is 6.50. The van der Waals surface area contributed by atoms with Crippen LogP contribution >= 0.6 is 0 Å². The van der Waals surface area contributed by atoms with Gasteiger partial charge in [0.1, 0.15) is 17.3 Å². The van der Waals surface area contributed by atoms with Gasteiger partial charge in [-0.1, -0.05) is 30.3 Å². The van der Waals surface area contributed by atoms with Crippen LogP contribution in [0.5, 0.6) is 0 Å². The van der Waals surface area contributed by atoms with Crippen molar-refractivity contribution < 1.29 is 26.4 Å². The van der Waals surface area contributed by atoms with Gasteiger partial charge in [0.05, 0.1) is 24.4 Å². The predicted molar refractivity (Wildman–Crippen MR) is 118 cm³/mol. The van der Waals surface area contributed by atoms with E-state index in [0.29, 0.717) is 30.4 Å². The first-order chi connectivity index (χ1) is 15.6. The summed E-state index contributed by atoms with van der Waals surface area (Å²) in [5.41, 5.74) is -0.770. The van der Waals surface area contributed by atoms with Crippen LogP contribution in [0.25, 0.3) is 11.1 Å².